The number of aromatic nitrogens is 1. The normalized spacial score (nSPS) is 22.3. The standard InChI is InChI=1S/C22H24N2O3S/c1-15-3-2-4-19(23-15)11-27-20-8-22(28-12-20)13-24(14-22)21(25)16-5-6-17-9-26-10-18(17)7-16/h2-7,20H,8-14H2,1H3/t20-/m1/s1. The Labute approximate surface area is 169 Å². The zero-order chi connectivity index (χ0) is 19.1. The van der Waals surface area contributed by atoms with E-state index in [1.54, 1.807) is 0 Å². The van der Waals surface area contributed by atoms with Gasteiger partial charge < -0.3 is 14.4 Å². The number of hydrogen-bond acceptors (Lipinski definition) is 5. The fourth-order valence-corrected chi connectivity index (χ4v) is 5.85. The molecule has 5 rings (SSSR count). The number of rotatable bonds is 4. The molecule has 0 bridgehead atoms. The number of nitrogens with zero attached hydrogens (tertiary/aromatic N) is 2. The van der Waals surface area contributed by atoms with Crippen molar-refractivity contribution in [3.8, 4) is 0 Å². The molecule has 2 aromatic rings. The molecule has 0 aliphatic carbocycles. The highest BCUT2D eigenvalue weighted by atomic mass is 32.2. The Hall–Kier alpha value is -1.89. The molecule has 1 amide bonds. The van der Waals surface area contributed by atoms with Crippen LogP contribution < -0.4 is 0 Å². The molecule has 0 unspecified atom stereocenters. The van der Waals surface area contributed by atoms with Gasteiger partial charge in [0, 0.05) is 30.1 Å². The van der Waals surface area contributed by atoms with E-state index in [2.05, 4.69) is 4.98 Å². The largest absolute Gasteiger partial charge is 0.372 e. The van der Waals surface area contributed by atoms with Crippen molar-refractivity contribution in [3.63, 3.8) is 0 Å². The maximum Gasteiger partial charge on any atom is 0.253 e. The molecular weight excluding hydrogens is 372 g/mol. The molecule has 1 aromatic carbocycles. The number of thioether (sulfide) groups is 1. The molecule has 3 aliphatic rings. The van der Waals surface area contributed by atoms with Crippen molar-refractivity contribution in [2.24, 2.45) is 0 Å². The van der Waals surface area contributed by atoms with E-state index in [1.807, 2.05) is 60.0 Å². The lowest BCUT2D eigenvalue weighted by atomic mass is 9.92. The molecule has 3 aliphatic heterocycles. The van der Waals surface area contributed by atoms with Crippen LogP contribution in [0.15, 0.2) is 36.4 Å². The zero-order valence-electron chi connectivity index (χ0n) is 16.0. The highest BCUT2D eigenvalue weighted by Crippen LogP contribution is 2.46. The summed E-state index contributed by atoms with van der Waals surface area (Å²) in [5.41, 5.74) is 5.13. The summed E-state index contributed by atoms with van der Waals surface area (Å²) in [7, 11) is 0. The summed E-state index contributed by atoms with van der Waals surface area (Å²) in [5.74, 6) is 1.12. The number of benzene rings is 1. The van der Waals surface area contributed by atoms with Gasteiger partial charge in [0.1, 0.15) is 0 Å². The highest BCUT2D eigenvalue weighted by molar-refractivity contribution is 8.01. The first kappa shape index (κ1) is 18.2. The lowest BCUT2D eigenvalue weighted by molar-refractivity contribution is 0.0245. The average Bonchev–Trinajstić information content (AvgIpc) is 3.31. The van der Waals surface area contributed by atoms with Gasteiger partial charge in [0.2, 0.25) is 0 Å². The van der Waals surface area contributed by atoms with Gasteiger partial charge in [0.15, 0.2) is 0 Å². The van der Waals surface area contributed by atoms with Crippen LogP contribution >= 0.6 is 11.8 Å². The SMILES string of the molecule is Cc1cccc(CO[C@H]2CSC3(C2)CN(C(=O)c2ccc4c(c2)COC4)C3)n1. The molecule has 2 fully saturated rings. The van der Waals surface area contributed by atoms with Crippen LogP contribution in [0.25, 0.3) is 0 Å². The predicted molar refractivity (Wildman–Crippen MR) is 108 cm³/mol. The molecule has 146 valence electrons. The van der Waals surface area contributed by atoms with Crippen LogP contribution in [0.4, 0.5) is 0 Å². The smallest absolute Gasteiger partial charge is 0.253 e. The lowest BCUT2D eigenvalue weighted by Crippen LogP contribution is -2.60. The van der Waals surface area contributed by atoms with Crippen LogP contribution in [0, 0.1) is 6.92 Å². The van der Waals surface area contributed by atoms with Crippen LogP contribution in [0.3, 0.4) is 0 Å². The number of ether oxygens (including phenoxy) is 2. The molecule has 1 atom stereocenters. The minimum absolute atomic E-state index is 0.134. The molecule has 0 N–H and O–H groups in total. The minimum atomic E-state index is 0.134. The maximum atomic E-state index is 12.8. The van der Waals surface area contributed by atoms with E-state index >= 15 is 0 Å². The number of likely N-dealkylation sites (tertiary alicyclic amines) is 1. The number of carbonyl (C=O) groups is 1. The molecule has 5 nitrogen and oxygen atoms in total. The van der Waals surface area contributed by atoms with Crippen LogP contribution in [-0.2, 0) is 29.3 Å². The lowest BCUT2D eigenvalue weighted by Gasteiger charge is -2.47. The van der Waals surface area contributed by atoms with Crippen LogP contribution in [0.1, 0.15) is 39.3 Å². The molecule has 0 saturated carbocycles. The summed E-state index contributed by atoms with van der Waals surface area (Å²) in [6, 6.07) is 12.0. The molecule has 0 radical (unpaired) electrons. The summed E-state index contributed by atoms with van der Waals surface area (Å²) in [6.07, 6.45) is 1.24. The van der Waals surface area contributed by atoms with Crippen molar-refractivity contribution in [2.75, 3.05) is 18.8 Å². The first-order valence-electron chi connectivity index (χ1n) is 9.77. The summed E-state index contributed by atoms with van der Waals surface area (Å²) in [4.78, 5) is 19.3. The molecule has 6 heteroatoms. The third-order valence-corrected chi connectivity index (χ3v) is 7.38. The molecule has 1 spiro atoms. The van der Waals surface area contributed by atoms with Gasteiger partial charge in [-0.1, -0.05) is 12.1 Å². The Balaban J connectivity index is 1.15. The zero-order valence-corrected chi connectivity index (χ0v) is 16.8. The van der Waals surface area contributed by atoms with Gasteiger partial charge in [-0.2, -0.15) is 0 Å². The summed E-state index contributed by atoms with van der Waals surface area (Å²) in [5, 5.41) is 0. The average molecular weight is 397 g/mol. The number of pyridine rings is 1. The molecule has 4 heterocycles. The number of amides is 1. The van der Waals surface area contributed by atoms with Crippen molar-refractivity contribution in [1.82, 2.24) is 9.88 Å². The molecule has 1 aromatic heterocycles. The van der Waals surface area contributed by atoms with Crippen molar-refractivity contribution in [1.29, 1.82) is 0 Å². The first-order chi connectivity index (χ1) is 13.6. The fourth-order valence-electron chi connectivity index (χ4n) is 4.29. The van der Waals surface area contributed by atoms with Crippen molar-refractivity contribution in [2.45, 2.75) is 44.0 Å². The molecular formula is C22H24N2O3S. The monoisotopic (exact) mass is 396 g/mol. The van der Waals surface area contributed by atoms with E-state index in [9.17, 15) is 4.79 Å². The molecule has 2 saturated heterocycles. The number of fused-ring (bicyclic) bond motifs is 1. The van der Waals surface area contributed by atoms with Gasteiger partial charge in [0.05, 0.1) is 36.4 Å². The second-order valence-electron chi connectivity index (χ2n) is 8.04. The Bertz CT molecular complexity index is 910. The van der Waals surface area contributed by atoms with Gasteiger partial charge >= 0.3 is 0 Å². The molecule has 28 heavy (non-hydrogen) atoms. The summed E-state index contributed by atoms with van der Waals surface area (Å²) < 4.78 is 11.7. The second kappa shape index (κ2) is 7.17. The van der Waals surface area contributed by atoms with E-state index in [1.165, 1.54) is 5.56 Å². The third kappa shape index (κ3) is 3.45. The van der Waals surface area contributed by atoms with Crippen molar-refractivity contribution < 1.29 is 14.3 Å². The van der Waals surface area contributed by atoms with Gasteiger partial charge in [-0.25, -0.2) is 0 Å². The topological polar surface area (TPSA) is 51.7 Å². The van der Waals surface area contributed by atoms with E-state index < -0.39 is 0 Å². The number of carbonyl (C=O) groups excluding carboxylic acids is 1. The van der Waals surface area contributed by atoms with E-state index in [0.29, 0.717) is 19.8 Å². The second-order valence-corrected chi connectivity index (χ2v) is 9.53. The quantitative estimate of drug-likeness (QED) is 0.793. The van der Waals surface area contributed by atoms with Crippen molar-refractivity contribution >= 4 is 17.7 Å². The Kier molecular flexibility index (Phi) is 4.65. The Morgan fingerprint density at radius 1 is 1.29 bits per heavy atom. The number of aryl methyl sites for hydroxylation is 1. The van der Waals surface area contributed by atoms with Gasteiger partial charge in [-0.3, -0.25) is 9.78 Å². The van der Waals surface area contributed by atoms with Crippen LogP contribution in [0.5, 0.6) is 0 Å². The van der Waals surface area contributed by atoms with Crippen molar-refractivity contribution in [3.05, 3.63) is 64.5 Å². The van der Waals surface area contributed by atoms with E-state index in [0.717, 1.165) is 47.8 Å². The number of hydrogen-bond donors (Lipinski definition) is 0. The summed E-state index contributed by atoms with van der Waals surface area (Å²) in [6.45, 7) is 5.46. The maximum absolute atomic E-state index is 12.8. The Morgan fingerprint density at radius 2 is 2.14 bits per heavy atom. The first-order valence-corrected chi connectivity index (χ1v) is 10.8. The van der Waals surface area contributed by atoms with Gasteiger partial charge in [-0.05, 0) is 48.7 Å². The van der Waals surface area contributed by atoms with Gasteiger partial charge in [-0.15, -0.1) is 11.8 Å². The minimum Gasteiger partial charge on any atom is -0.372 e. The Morgan fingerprint density at radius 3 is 3.00 bits per heavy atom. The van der Waals surface area contributed by atoms with E-state index in [4.69, 9.17) is 9.47 Å². The van der Waals surface area contributed by atoms with Gasteiger partial charge in [0.25, 0.3) is 5.91 Å². The fraction of sp³-hybridized carbons (Fsp3) is 0.455. The van der Waals surface area contributed by atoms with Crippen LogP contribution in [-0.4, -0.2) is 45.5 Å². The third-order valence-electron chi connectivity index (χ3n) is 5.80. The highest BCUT2D eigenvalue weighted by Gasteiger charge is 2.51. The predicted octanol–water partition coefficient (Wildman–Crippen LogP) is 3.34. The van der Waals surface area contributed by atoms with E-state index in [-0.39, 0.29) is 16.8 Å². The summed E-state index contributed by atoms with van der Waals surface area (Å²) >= 11 is 1.96. The van der Waals surface area contributed by atoms with Crippen LogP contribution in [0.2, 0.25) is 0 Å².